The van der Waals surface area contributed by atoms with Crippen LogP contribution in [0.25, 0.3) is 0 Å². The highest BCUT2D eigenvalue weighted by Gasteiger charge is 2.06. The van der Waals surface area contributed by atoms with Gasteiger partial charge in [-0.1, -0.05) is 18.1 Å². The molecular weight excluding hydrogens is 192 g/mol. The molecule has 1 rings (SSSR count). The Morgan fingerprint density at radius 2 is 2.33 bits per heavy atom. The fourth-order valence-electron chi connectivity index (χ4n) is 1.15. The van der Waals surface area contributed by atoms with E-state index in [0.29, 0.717) is 12.2 Å². The smallest absolute Gasteiger partial charge is 0.339 e. The van der Waals surface area contributed by atoms with Crippen LogP contribution in [0.4, 0.5) is 0 Å². The second kappa shape index (κ2) is 5.84. The minimum Gasteiger partial charge on any atom is -0.449 e. The maximum atomic E-state index is 11.4. The predicted octanol–water partition coefficient (Wildman–Crippen LogP) is 1.62. The lowest BCUT2D eigenvalue weighted by molar-refractivity contribution is 0.0556. The molecule has 0 amide bonds. The first-order chi connectivity index (χ1) is 7.27. The van der Waals surface area contributed by atoms with Gasteiger partial charge in [0.05, 0.1) is 12.2 Å². The molecule has 0 aliphatic heterocycles. The van der Waals surface area contributed by atoms with E-state index in [1.54, 1.807) is 25.3 Å². The Bertz CT molecular complexity index is 377. The van der Waals surface area contributed by atoms with Crippen LogP contribution in [0.2, 0.25) is 0 Å². The van der Waals surface area contributed by atoms with Gasteiger partial charge in [0.25, 0.3) is 0 Å². The van der Waals surface area contributed by atoms with Gasteiger partial charge in [-0.3, -0.25) is 0 Å². The fraction of sp³-hybridized carbons (Fsp3) is 0.250. The zero-order valence-electron chi connectivity index (χ0n) is 8.53. The van der Waals surface area contributed by atoms with Gasteiger partial charge in [-0.05, 0) is 17.7 Å². The number of esters is 1. The Hall–Kier alpha value is -1.79. The van der Waals surface area contributed by atoms with Crippen LogP contribution < -0.4 is 0 Å². The summed E-state index contributed by atoms with van der Waals surface area (Å²) in [6.45, 7) is 0.462. The van der Waals surface area contributed by atoms with Crippen molar-refractivity contribution in [2.24, 2.45) is 0 Å². The van der Waals surface area contributed by atoms with Gasteiger partial charge >= 0.3 is 5.97 Å². The predicted molar refractivity (Wildman–Crippen MR) is 56.3 cm³/mol. The normalized spacial score (nSPS) is 9.33. The maximum Gasteiger partial charge on any atom is 0.339 e. The molecule has 0 radical (unpaired) electrons. The van der Waals surface area contributed by atoms with Gasteiger partial charge in [0.2, 0.25) is 0 Å². The molecule has 3 heteroatoms. The van der Waals surface area contributed by atoms with Crippen LogP contribution in [0.1, 0.15) is 15.9 Å². The molecule has 0 spiro atoms. The maximum absolute atomic E-state index is 11.4. The first kappa shape index (κ1) is 11.3. The van der Waals surface area contributed by atoms with E-state index < -0.39 is 5.97 Å². The van der Waals surface area contributed by atoms with Gasteiger partial charge < -0.3 is 9.47 Å². The van der Waals surface area contributed by atoms with E-state index in [0.717, 1.165) is 5.56 Å². The van der Waals surface area contributed by atoms with E-state index >= 15 is 0 Å². The van der Waals surface area contributed by atoms with Crippen LogP contribution in [-0.2, 0) is 16.1 Å². The summed E-state index contributed by atoms with van der Waals surface area (Å²) in [5, 5.41) is 0. The molecule has 0 aliphatic carbocycles. The van der Waals surface area contributed by atoms with Crippen LogP contribution in [0.5, 0.6) is 0 Å². The van der Waals surface area contributed by atoms with Gasteiger partial charge in [-0.2, -0.15) is 0 Å². The molecule has 0 saturated carbocycles. The number of benzene rings is 1. The zero-order valence-corrected chi connectivity index (χ0v) is 8.53. The van der Waals surface area contributed by atoms with E-state index in [9.17, 15) is 4.79 Å². The number of carbonyl (C=O) groups excluding carboxylic acids is 1. The molecule has 0 aromatic heterocycles. The molecule has 0 heterocycles. The third-order valence-corrected chi connectivity index (χ3v) is 1.76. The molecule has 0 aliphatic rings. The number of hydrogen-bond donors (Lipinski definition) is 0. The third kappa shape index (κ3) is 3.45. The third-order valence-electron chi connectivity index (χ3n) is 1.76. The Balaban J connectivity index is 2.72. The topological polar surface area (TPSA) is 35.5 Å². The molecule has 0 unspecified atom stereocenters. The quantitative estimate of drug-likeness (QED) is 0.552. The molecular formula is C12H12O3. The van der Waals surface area contributed by atoms with Crippen molar-refractivity contribution in [1.29, 1.82) is 0 Å². The average Bonchev–Trinajstić information content (AvgIpc) is 2.27. The number of rotatable bonds is 4. The minimum atomic E-state index is -0.411. The van der Waals surface area contributed by atoms with Crippen molar-refractivity contribution in [2.45, 2.75) is 6.61 Å². The molecule has 1 aromatic rings. The number of hydrogen-bond acceptors (Lipinski definition) is 3. The number of methoxy groups -OCH3 is 1. The van der Waals surface area contributed by atoms with Crippen molar-refractivity contribution in [2.75, 3.05) is 13.7 Å². The monoisotopic (exact) mass is 204 g/mol. The molecule has 0 saturated heterocycles. The molecule has 0 N–H and O–H groups in total. The minimum absolute atomic E-state index is 0.00661. The lowest BCUT2D eigenvalue weighted by Gasteiger charge is -2.03. The zero-order chi connectivity index (χ0) is 11.1. The largest absolute Gasteiger partial charge is 0.449 e. The summed E-state index contributed by atoms with van der Waals surface area (Å²) in [4.78, 5) is 11.4. The molecule has 0 fully saturated rings. The van der Waals surface area contributed by atoms with Gasteiger partial charge in [-0.15, -0.1) is 6.42 Å². The molecule has 3 nitrogen and oxygen atoms in total. The lowest BCUT2D eigenvalue weighted by Crippen LogP contribution is -2.05. The van der Waals surface area contributed by atoms with Crippen molar-refractivity contribution >= 4 is 5.97 Å². The standard InChI is InChI=1S/C12H12O3/c1-3-7-15-12(13)11-6-4-5-10(8-11)9-14-2/h1,4-6,8H,7,9H2,2H3. The van der Waals surface area contributed by atoms with Crippen LogP contribution in [0, 0.1) is 12.3 Å². The Kier molecular flexibility index (Phi) is 4.39. The Morgan fingerprint density at radius 3 is 3.00 bits per heavy atom. The van der Waals surface area contributed by atoms with Crippen LogP contribution in [0.15, 0.2) is 24.3 Å². The van der Waals surface area contributed by atoms with Crippen molar-refractivity contribution in [3.63, 3.8) is 0 Å². The van der Waals surface area contributed by atoms with E-state index in [1.165, 1.54) is 0 Å². The Labute approximate surface area is 89.0 Å². The summed E-state index contributed by atoms with van der Waals surface area (Å²) in [5.41, 5.74) is 1.41. The van der Waals surface area contributed by atoms with Gasteiger partial charge in [0, 0.05) is 7.11 Å². The van der Waals surface area contributed by atoms with Gasteiger partial charge in [-0.25, -0.2) is 4.79 Å². The van der Waals surface area contributed by atoms with Crippen LogP contribution in [-0.4, -0.2) is 19.7 Å². The second-order valence-electron chi connectivity index (χ2n) is 2.91. The highest BCUT2D eigenvalue weighted by atomic mass is 16.5. The van der Waals surface area contributed by atoms with Crippen molar-refractivity contribution in [3.8, 4) is 12.3 Å². The second-order valence-corrected chi connectivity index (χ2v) is 2.91. The van der Waals surface area contributed by atoms with Crippen molar-refractivity contribution < 1.29 is 14.3 Å². The number of ether oxygens (including phenoxy) is 2. The lowest BCUT2D eigenvalue weighted by atomic mass is 10.1. The summed E-state index contributed by atoms with van der Waals surface area (Å²) in [6.07, 6.45) is 4.99. The van der Waals surface area contributed by atoms with Crippen LogP contribution >= 0.6 is 0 Å². The summed E-state index contributed by atoms with van der Waals surface area (Å²) in [7, 11) is 1.60. The molecule has 15 heavy (non-hydrogen) atoms. The highest BCUT2D eigenvalue weighted by Crippen LogP contribution is 2.07. The fourth-order valence-corrected chi connectivity index (χ4v) is 1.15. The first-order valence-corrected chi connectivity index (χ1v) is 4.46. The van der Waals surface area contributed by atoms with E-state index in [4.69, 9.17) is 15.9 Å². The summed E-state index contributed by atoms with van der Waals surface area (Å²) >= 11 is 0. The van der Waals surface area contributed by atoms with E-state index in [1.807, 2.05) is 6.07 Å². The van der Waals surface area contributed by atoms with Gasteiger partial charge in [0.1, 0.15) is 0 Å². The number of carbonyl (C=O) groups is 1. The SMILES string of the molecule is C#CCOC(=O)c1cccc(COC)c1. The summed E-state index contributed by atoms with van der Waals surface area (Å²) in [6, 6.07) is 7.06. The molecule has 78 valence electrons. The van der Waals surface area contributed by atoms with Gasteiger partial charge in [0.15, 0.2) is 6.61 Å². The molecule has 1 aromatic carbocycles. The first-order valence-electron chi connectivity index (χ1n) is 4.46. The van der Waals surface area contributed by atoms with Crippen molar-refractivity contribution in [1.82, 2.24) is 0 Å². The van der Waals surface area contributed by atoms with Crippen LogP contribution in [0.3, 0.4) is 0 Å². The van der Waals surface area contributed by atoms with E-state index in [2.05, 4.69) is 5.92 Å². The Morgan fingerprint density at radius 1 is 1.53 bits per heavy atom. The van der Waals surface area contributed by atoms with E-state index in [-0.39, 0.29) is 6.61 Å². The molecule has 0 bridgehead atoms. The van der Waals surface area contributed by atoms with Crippen molar-refractivity contribution in [3.05, 3.63) is 35.4 Å². The average molecular weight is 204 g/mol. The molecule has 0 atom stereocenters. The highest BCUT2D eigenvalue weighted by molar-refractivity contribution is 5.89. The summed E-state index contributed by atoms with van der Waals surface area (Å²) < 4.78 is 9.75. The summed E-state index contributed by atoms with van der Waals surface area (Å²) in [5.74, 6) is 1.83. The number of terminal acetylenes is 1.